The van der Waals surface area contributed by atoms with Gasteiger partial charge >= 0.3 is 0 Å². The van der Waals surface area contributed by atoms with E-state index in [-0.39, 0.29) is 40.3 Å². The van der Waals surface area contributed by atoms with Crippen LogP contribution in [-0.4, -0.2) is 35.1 Å². The molecule has 1 amide bonds. The monoisotopic (exact) mass is 457 g/mol. The first-order valence-electron chi connectivity index (χ1n) is 10.4. The summed E-state index contributed by atoms with van der Waals surface area (Å²) in [7, 11) is 0. The number of benzene rings is 2. The number of thioether (sulfide) groups is 1. The topological polar surface area (TPSA) is 86.5 Å². The Kier molecular flexibility index (Phi) is 6.94. The van der Waals surface area contributed by atoms with E-state index in [4.69, 9.17) is 13.9 Å². The molecule has 1 atom stereocenters. The van der Waals surface area contributed by atoms with E-state index in [1.54, 1.807) is 18.2 Å². The number of ether oxygens (including phenoxy) is 2. The molecule has 32 heavy (non-hydrogen) atoms. The maximum Gasteiger partial charge on any atom is 0.277 e. The number of rotatable bonds is 7. The average molecular weight is 458 g/mol. The van der Waals surface area contributed by atoms with Crippen LogP contribution in [-0.2, 0) is 4.79 Å². The Bertz CT molecular complexity index is 1090. The lowest BCUT2D eigenvalue weighted by Crippen LogP contribution is -2.33. The number of amides is 1. The Morgan fingerprint density at radius 1 is 1.12 bits per heavy atom. The van der Waals surface area contributed by atoms with E-state index in [0.717, 1.165) is 29.5 Å². The molecule has 7 nitrogen and oxygen atoms in total. The molecule has 0 spiro atoms. The Labute approximate surface area is 189 Å². The lowest BCUT2D eigenvalue weighted by atomic mass is 9.95. The highest BCUT2D eigenvalue weighted by molar-refractivity contribution is 7.99. The molecule has 0 saturated heterocycles. The van der Waals surface area contributed by atoms with Crippen LogP contribution < -0.4 is 14.8 Å². The highest BCUT2D eigenvalue weighted by atomic mass is 32.2. The summed E-state index contributed by atoms with van der Waals surface area (Å²) < 4.78 is 30.9. The molecule has 1 aliphatic rings. The van der Waals surface area contributed by atoms with E-state index in [9.17, 15) is 9.18 Å². The molecular formula is C23H24FN3O4S. The van der Waals surface area contributed by atoms with Gasteiger partial charge in [-0.15, -0.1) is 10.2 Å². The minimum Gasteiger partial charge on any atom is -0.490 e. The third-order valence-electron chi connectivity index (χ3n) is 4.95. The SMILES string of the molecule is CC(C)[C@H](NC(=O)CSc1nnc(-c2ccccc2F)o1)c1ccc2c(c1)OCCCO2. The number of fused-ring (bicyclic) bond motifs is 1. The maximum absolute atomic E-state index is 13.9. The first-order chi connectivity index (χ1) is 15.5. The van der Waals surface area contributed by atoms with Gasteiger partial charge in [0.05, 0.1) is 30.6 Å². The standard InChI is InChI=1S/C23H24FN3O4S/c1-14(2)21(15-8-9-18-19(12-15)30-11-5-10-29-18)25-20(28)13-32-23-27-26-22(31-23)16-6-3-4-7-17(16)24/h3-4,6-9,12,14,21H,5,10-11,13H2,1-2H3,(H,25,28)/t21-/m0/s1. The summed E-state index contributed by atoms with van der Waals surface area (Å²) in [5.74, 6) is 1.13. The zero-order valence-corrected chi connectivity index (χ0v) is 18.7. The number of aromatic nitrogens is 2. The quantitative estimate of drug-likeness (QED) is 0.517. The van der Waals surface area contributed by atoms with Crippen LogP contribution in [0.1, 0.15) is 31.9 Å². The largest absolute Gasteiger partial charge is 0.490 e. The van der Waals surface area contributed by atoms with Crippen molar-refractivity contribution < 1.29 is 23.1 Å². The zero-order valence-electron chi connectivity index (χ0n) is 17.8. The van der Waals surface area contributed by atoms with Crippen LogP contribution in [0.25, 0.3) is 11.5 Å². The van der Waals surface area contributed by atoms with Gasteiger partial charge in [0.15, 0.2) is 11.5 Å². The van der Waals surface area contributed by atoms with Gasteiger partial charge in [-0.3, -0.25) is 4.79 Å². The number of hydrogen-bond acceptors (Lipinski definition) is 7. The van der Waals surface area contributed by atoms with Crippen LogP contribution in [0.5, 0.6) is 11.5 Å². The molecule has 4 rings (SSSR count). The fraction of sp³-hybridized carbons (Fsp3) is 0.348. The van der Waals surface area contributed by atoms with Gasteiger partial charge in [0.1, 0.15) is 5.82 Å². The van der Waals surface area contributed by atoms with Crippen molar-refractivity contribution in [2.24, 2.45) is 5.92 Å². The summed E-state index contributed by atoms with van der Waals surface area (Å²) in [5.41, 5.74) is 1.17. The predicted molar refractivity (Wildman–Crippen MR) is 118 cm³/mol. The number of carbonyl (C=O) groups is 1. The number of nitrogens with one attached hydrogen (secondary N) is 1. The first kappa shape index (κ1) is 22.1. The van der Waals surface area contributed by atoms with Crippen LogP contribution in [0.15, 0.2) is 52.1 Å². The first-order valence-corrected chi connectivity index (χ1v) is 11.4. The van der Waals surface area contributed by atoms with E-state index in [1.807, 2.05) is 32.0 Å². The molecule has 0 fully saturated rings. The third-order valence-corrected chi connectivity index (χ3v) is 5.77. The number of halogens is 1. The van der Waals surface area contributed by atoms with Gasteiger partial charge in [-0.25, -0.2) is 4.39 Å². The third kappa shape index (κ3) is 5.21. The van der Waals surface area contributed by atoms with Gasteiger partial charge in [-0.2, -0.15) is 0 Å². The van der Waals surface area contributed by atoms with Crippen molar-refractivity contribution >= 4 is 17.7 Å². The summed E-state index contributed by atoms with van der Waals surface area (Å²) in [6, 6.07) is 11.7. The van der Waals surface area contributed by atoms with Crippen molar-refractivity contribution in [3.8, 4) is 23.0 Å². The molecule has 2 aromatic carbocycles. The van der Waals surface area contributed by atoms with E-state index < -0.39 is 5.82 Å². The molecule has 9 heteroatoms. The molecule has 1 N–H and O–H groups in total. The van der Waals surface area contributed by atoms with Crippen LogP contribution in [0.2, 0.25) is 0 Å². The summed E-state index contributed by atoms with van der Waals surface area (Å²) in [4.78, 5) is 12.6. The highest BCUT2D eigenvalue weighted by Gasteiger charge is 2.22. The second-order valence-electron chi connectivity index (χ2n) is 7.69. The molecule has 0 bridgehead atoms. The van der Waals surface area contributed by atoms with Gasteiger partial charge in [0.25, 0.3) is 11.1 Å². The van der Waals surface area contributed by atoms with Crippen molar-refractivity contribution in [3.63, 3.8) is 0 Å². The molecular weight excluding hydrogens is 433 g/mol. The fourth-order valence-corrected chi connectivity index (χ4v) is 3.94. The summed E-state index contributed by atoms with van der Waals surface area (Å²) >= 11 is 1.10. The van der Waals surface area contributed by atoms with Crippen molar-refractivity contribution in [1.82, 2.24) is 15.5 Å². The van der Waals surface area contributed by atoms with Gasteiger partial charge < -0.3 is 19.2 Å². The highest BCUT2D eigenvalue weighted by Crippen LogP contribution is 2.34. The summed E-state index contributed by atoms with van der Waals surface area (Å²) in [6.45, 7) is 5.31. The van der Waals surface area contributed by atoms with Crippen LogP contribution in [0, 0.1) is 11.7 Å². The van der Waals surface area contributed by atoms with Crippen LogP contribution in [0.4, 0.5) is 4.39 Å². The normalized spacial score (nSPS) is 14.1. The smallest absolute Gasteiger partial charge is 0.277 e. The van der Waals surface area contributed by atoms with Crippen molar-refractivity contribution in [1.29, 1.82) is 0 Å². The minimum atomic E-state index is -0.444. The van der Waals surface area contributed by atoms with E-state index in [0.29, 0.717) is 19.0 Å². The Morgan fingerprint density at radius 3 is 2.69 bits per heavy atom. The van der Waals surface area contributed by atoms with E-state index >= 15 is 0 Å². The van der Waals surface area contributed by atoms with Gasteiger partial charge in [-0.1, -0.05) is 43.8 Å². The lowest BCUT2D eigenvalue weighted by Gasteiger charge is -2.23. The zero-order chi connectivity index (χ0) is 22.5. The molecule has 0 aliphatic carbocycles. The van der Waals surface area contributed by atoms with Gasteiger partial charge in [-0.05, 0) is 35.7 Å². The molecule has 1 aromatic heterocycles. The number of nitrogens with zero attached hydrogens (tertiary/aromatic N) is 2. The fourth-order valence-electron chi connectivity index (χ4n) is 3.36. The predicted octanol–water partition coefficient (Wildman–Crippen LogP) is 4.64. The summed E-state index contributed by atoms with van der Waals surface area (Å²) in [6.07, 6.45) is 0.833. The molecule has 0 saturated carbocycles. The average Bonchev–Trinajstić information content (AvgIpc) is 3.13. The van der Waals surface area contributed by atoms with Crippen molar-refractivity contribution in [3.05, 3.63) is 53.8 Å². The molecule has 3 aromatic rings. The van der Waals surface area contributed by atoms with Crippen LogP contribution in [0.3, 0.4) is 0 Å². The molecule has 168 valence electrons. The van der Waals surface area contributed by atoms with Crippen molar-refractivity contribution in [2.75, 3.05) is 19.0 Å². The molecule has 1 aliphatic heterocycles. The minimum absolute atomic E-state index is 0.0817. The molecule has 2 heterocycles. The maximum atomic E-state index is 13.9. The van der Waals surface area contributed by atoms with Gasteiger partial charge in [0, 0.05) is 6.42 Å². The Balaban J connectivity index is 1.39. The van der Waals surface area contributed by atoms with Crippen LogP contribution >= 0.6 is 11.8 Å². The Morgan fingerprint density at radius 2 is 1.91 bits per heavy atom. The second-order valence-corrected chi connectivity index (χ2v) is 8.61. The lowest BCUT2D eigenvalue weighted by molar-refractivity contribution is -0.119. The number of hydrogen-bond donors (Lipinski definition) is 1. The summed E-state index contributed by atoms with van der Waals surface area (Å²) in [5, 5.41) is 11.1. The number of carbonyl (C=O) groups excluding carboxylic acids is 1. The molecule has 0 radical (unpaired) electrons. The molecule has 0 unspecified atom stereocenters. The van der Waals surface area contributed by atoms with Crippen molar-refractivity contribution in [2.45, 2.75) is 31.5 Å². The van der Waals surface area contributed by atoms with E-state index in [1.165, 1.54) is 6.07 Å². The Hall–Kier alpha value is -3.07. The van der Waals surface area contributed by atoms with E-state index in [2.05, 4.69) is 15.5 Å². The second kappa shape index (κ2) is 10.0. The van der Waals surface area contributed by atoms with Gasteiger partial charge in [0.2, 0.25) is 5.91 Å².